The Kier molecular flexibility index (Phi) is 6.75. The fraction of sp³-hybridized carbons (Fsp3) is 0.250. The van der Waals surface area contributed by atoms with Crippen LogP contribution in [-0.2, 0) is 16.0 Å². The van der Waals surface area contributed by atoms with Crippen LogP contribution in [0.2, 0.25) is 0 Å². The Bertz CT molecular complexity index is 809. The molecule has 0 bridgehead atoms. The number of hydrogen-bond acceptors (Lipinski definition) is 5. The lowest BCUT2D eigenvalue weighted by Gasteiger charge is -2.13. The highest BCUT2D eigenvalue weighted by Gasteiger charge is 2.18. The van der Waals surface area contributed by atoms with Gasteiger partial charge in [-0.05, 0) is 49.2 Å². The van der Waals surface area contributed by atoms with Gasteiger partial charge in [0.25, 0.3) is 5.91 Å². The Morgan fingerprint density at radius 2 is 1.92 bits per heavy atom. The van der Waals surface area contributed by atoms with Gasteiger partial charge in [0.15, 0.2) is 6.10 Å². The largest absolute Gasteiger partial charge is 0.497 e. The van der Waals surface area contributed by atoms with Crippen LogP contribution in [0.3, 0.4) is 0 Å². The molecule has 0 spiro atoms. The van der Waals surface area contributed by atoms with Crippen molar-refractivity contribution in [1.82, 2.24) is 5.32 Å². The van der Waals surface area contributed by atoms with Crippen LogP contribution in [0.1, 0.15) is 28.4 Å². The molecule has 0 saturated heterocycles. The maximum atomic E-state index is 12.1. The number of ether oxygens (including phenoxy) is 2. The van der Waals surface area contributed by atoms with Crippen molar-refractivity contribution < 1.29 is 19.1 Å². The highest BCUT2D eigenvalue weighted by atomic mass is 16.5. The van der Waals surface area contributed by atoms with Crippen molar-refractivity contribution in [3.8, 4) is 11.8 Å². The van der Waals surface area contributed by atoms with Crippen molar-refractivity contribution >= 4 is 11.9 Å². The number of carbonyl (C=O) groups is 2. The van der Waals surface area contributed by atoms with Crippen LogP contribution in [-0.4, -0.2) is 31.6 Å². The summed E-state index contributed by atoms with van der Waals surface area (Å²) >= 11 is 0. The summed E-state index contributed by atoms with van der Waals surface area (Å²) in [6.07, 6.45) is -0.273. The molecule has 0 unspecified atom stereocenters. The summed E-state index contributed by atoms with van der Waals surface area (Å²) in [7, 11) is 1.61. The highest BCUT2D eigenvalue weighted by molar-refractivity contribution is 5.92. The van der Waals surface area contributed by atoms with Crippen molar-refractivity contribution in [2.45, 2.75) is 19.4 Å². The minimum Gasteiger partial charge on any atom is -0.497 e. The van der Waals surface area contributed by atoms with Crippen molar-refractivity contribution in [3.05, 3.63) is 65.2 Å². The quantitative estimate of drug-likeness (QED) is 0.773. The van der Waals surface area contributed by atoms with Crippen LogP contribution < -0.4 is 10.1 Å². The maximum Gasteiger partial charge on any atom is 0.338 e. The first kappa shape index (κ1) is 19.0. The zero-order valence-corrected chi connectivity index (χ0v) is 14.7. The topological polar surface area (TPSA) is 88.4 Å². The molecule has 6 heteroatoms. The third kappa shape index (κ3) is 5.35. The molecule has 6 nitrogen and oxygen atoms in total. The number of nitrogens with one attached hydrogen (secondary N) is 1. The van der Waals surface area contributed by atoms with Crippen LogP contribution in [0, 0.1) is 11.3 Å². The first-order valence-electron chi connectivity index (χ1n) is 8.15. The fourth-order valence-electron chi connectivity index (χ4n) is 2.26. The molecule has 134 valence electrons. The van der Waals surface area contributed by atoms with Crippen LogP contribution >= 0.6 is 0 Å². The predicted octanol–water partition coefficient (Wildman–Crippen LogP) is 2.47. The lowest BCUT2D eigenvalue weighted by atomic mass is 10.1. The normalized spacial score (nSPS) is 11.1. The number of amides is 1. The average Bonchev–Trinajstić information content (AvgIpc) is 2.68. The first-order valence-corrected chi connectivity index (χ1v) is 8.15. The molecule has 0 aliphatic carbocycles. The third-order valence-electron chi connectivity index (χ3n) is 3.75. The number of benzene rings is 2. The second-order valence-electron chi connectivity index (χ2n) is 5.63. The van der Waals surface area contributed by atoms with Gasteiger partial charge in [0.05, 0.1) is 24.3 Å². The van der Waals surface area contributed by atoms with E-state index in [2.05, 4.69) is 5.32 Å². The van der Waals surface area contributed by atoms with E-state index in [0.717, 1.165) is 11.3 Å². The zero-order chi connectivity index (χ0) is 18.9. The molecule has 2 rings (SSSR count). The molecule has 2 aromatic rings. The molecule has 2 aromatic carbocycles. The molecule has 0 aromatic heterocycles. The summed E-state index contributed by atoms with van der Waals surface area (Å²) in [4.78, 5) is 24.1. The standard InChI is InChI=1S/C20H20N2O4/c1-14(26-20(24)17-5-3-4-16(12-17)13-21)19(23)22-11-10-15-6-8-18(25-2)9-7-15/h3-9,12,14H,10-11H2,1-2H3,(H,22,23)/t14-/m1/s1. The van der Waals surface area contributed by atoms with Gasteiger partial charge in [0, 0.05) is 6.54 Å². The number of esters is 1. The van der Waals surface area contributed by atoms with E-state index in [1.807, 2.05) is 30.3 Å². The Hall–Kier alpha value is -3.33. The lowest BCUT2D eigenvalue weighted by Crippen LogP contribution is -2.36. The van der Waals surface area contributed by atoms with E-state index < -0.39 is 12.1 Å². The van der Waals surface area contributed by atoms with Crippen LogP contribution in [0.25, 0.3) is 0 Å². The molecule has 1 atom stereocenters. The minimum absolute atomic E-state index is 0.238. The SMILES string of the molecule is COc1ccc(CCNC(=O)[C@@H](C)OC(=O)c2cccc(C#N)c2)cc1. The van der Waals surface area contributed by atoms with E-state index in [1.165, 1.54) is 19.1 Å². The van der Waals surface area contributed by atoms with E-state index >= 15 is 0 Å². The summed E-state index contributed by atoms with van der Waals surface area (Å²) < 4.78 is 10.2. The van der Waals surface area contributed by atoms with Gasteiger partial charge >= 0.3 is 5.97 Å². The second-order valence-corrected chi connectivity index (χ2v) is 5.63. The van der Waals surface area contributed by atoms with Gasteiger partial charge in [-0.25, -0.2) is 4.79 Å². The van der Waals surface area contributed by atoms with Crippen LogP contribution in [0.4, 0.5) is 0 Å². The molecular formula is C20H20N2O4. The van der Waals surface area contributed by atoms with Crippen molar-refractivity contribution in [2.24, 2.45) is 0 Å². The number of hydrogen-bond donors (Lipinski definition) is 1. The molecule has 0 saturated carbocycles. The van der Waals surface area contributed by atoms with E-state index in [-0.39, 0.29) is 11.5 Å². The van der Waals surface area contributed by atoms with E-state index in [9.17, 15) is 9.59 Å². The van der Waals surface area contributed by atoms with Gasteiger partial charge in [-0.3, -0.25) is 4.79 Å². The number of nitriles is 1. The van der Waals surface area contributed by atoms with Gasteiger partial charge in [0.1, 0.15) is 5.75 Å². The van der Waals surface area contributed by atoms with Crippen molar-refractivity contribution in [1.29, 1.82) is 5.26 Å². The summed E-state index contributed by atoms with van der Waals surface area (Å²) in [6.45, 7) is 1.94. The molecule has 0 aliphatic heterocycles. The summed E-state index contributed by atoms with van der Waals surface area (Å²) in [5.74, 6) is -0.234. The first-order chi connectivity index (χ1) is 12.5. The van der Waals surface area contributed by atoms with Crippen LogP contribution in [0.5, 0.6) is 5.75 Å². The zero-order valence-electron chi connectivity index (χ0n) is 14.7. The Morgan fingerprint density at radius 3 is 2.58 bits per heavy atom. The van der Waals surface area contributed by atoms with E-state index in [0.29, 0.717) is 18.5 Å². The average molecular weight is 352 g/mol. The molecule has 1 amide bonds. The highest BCUT2D eigenvalue weighted by Crippen LogP contribution is 2.11. The Labute approximate surface area is 152 Å². The van der Waals surface area contributed by atoms with Gasteiger partial charge in [-0.2, -0.15) is 5.26 Å². The van der Waals surface area contributed by atoms with Gasteiger partial charge in [-0.15, -0.1) is 0 Å². The van der Waals surface area contributed by atoms with Crippen molar-refractivity contribution in [2.75, 3.05) is 13.7 Å². The monoisotopic (exact) mass is 352 g/mol. The third-order valence-corrected chi connectivity index (χ3v) is 3.75. The van der Waals surface area contributed by atoms with Crippen molar-refractivity contribution in [3.63, 3.8) is 0 Å². The second kappa shape index (κ2) is 9.23. The summed E-state index contributed by atoms with van der Waals surface area (Å²) in [6, 6.07) is 15.7. The molecular weight excluding hydrogens is 332 g/mol. The number of nitrogens with zero attached hydrogens (tertiary/aromatic N) is 1. The number of carbonyl (C=O) groups excluding carboxylic acids is 2. The number of methoxy groups -OCH3 is 1. The van der Waals surface area contributed by atoms with Gasteiger partial charge in [-0.1, -0.05) is 18.2 Å². The Morgan fingerprint density at radius 1 is 1.19 bits per heavy atom. The maximum absolute atomic E-state index is 12.1. The van der Waals surface area contributed by atoms with Gasteiger partial charge < -0.3 is 14.8 Å². The fourth-order valence-corrected chi connectivity index (χ4v) is 2.26. The van der Waals surface area contributed by atoms with E-state index in [1.54, 1.807) is 19.2 Å². The summed E-state index contributed by atoms with van der Waals surface area (Å²) in [5.41, 5.74) is 1.65. The van der Waals surface area contributed by atoms with Gasteiger partial charge in [0.2, 0.25) is 0 Å². The summed E-state index contributed by atoms with van der Waals surface area (Å²) in [5, 5.41) is 11.6. The molecule has 1 N–H and O–H groups in total. The lowest BCUT2D eigenvalue weighted by molar-refractivity contribution is -0.129. The molecule has 0 radical (unpaired) electrons. The molecule has 0 heterocycles. The molecule has 0 aliphatic rings. The van der Waals surface area contributed by atoms with Crippen LogP contribution in [0.15, 0.2) is 48.5 Å². The Balaban J connectivity index is 1.81. The molecule has 26 heavy (non-hydrogen) atoms. The minimum atomic E-state index is -0.927. The molecule has 0 fully saturated rings. The predicted molar refractivity (Wildman–Crippen MR) is 95.7 cm³/mol. The number of rotatable bonds is 7. The van der Waals surface area contributed by atoms with E-state index in [4.69, 9.17) is 14.7 Å². The smallest absolute Gasteiger partial charge is 0.338 e.